The van der Waals surface area contributed by atoms with E-state index in [9.17, 15) is 0 Å². The molecule has 0 aliphatic rings. The van der Waals surface area contributed by atoms with E-state index in [0.717, 1.165) is 32.9 Å². The van der Waals surface area contributed by atoms with Crippen LogP contribution in [0.2, 0.25) is 0 Å². The summed E-state index contributed by atoms with van der Waals surface area (Å²) in [6.07, 6.45) is 7.07. The van der Waals surface area contributed by atoms with Crippen LogP contribution in [0.3, 0.4) is 0 Å². The summed E-state index contributed by atoms with van der Waals surface area (Å²) in [5.41, 5.74) is 3.73. The Bertz CT molecular complexity index is 1150. The van der Waals surface area contributed by atoms with Gasteiger partial charge in [-0.2, -0.15) is 0 Å². The van der Waals surface area contributed by atoms with Gasteiger partial charge in [-0.05, 0) is 36.4 Å². The minimum absolute atomic E-state index is 0.889. The molecule has 2 aromatic carbocycles. The third kappa shape index (κ3) is 3.61. The maximum atomic E-state index is 4.40. The first-order valence-electron chi connectivity index (χ1n) is 8.26. The SMILES string of the molecule is C(#Cc1cnc2ccccc2c1)C=CC#Cc1cnc2ccccc2c1. The fourth-order valence-electron chi connectivity index (χ4n) is 2.61. The topological polar surface area (TPSA) is 25.8 Å². The Morgan fingerprint density at radius 3 is 1.58 bits per heavy atom. The van der Waals surface area contributed by atoms with Crippen LogP contribution in [0.15, 0.2) is 85.2 Å². The summed E-state index contributed by atoms with van der Waals surface area (Å²) in [7, 11) is 0. The van der Waals surface area contributed by atoms with E-state index in [0.29, 0.717) is 0 Å². The van der Waals surface area contributed by atoms with Gasteiger partial charge in [0.15, 0.2) is 0 Å². The van der Waals surface area contributed by atoms with Gasteiger partial charge in [-0.3, -0.25) is 9.97 Å². The smallest absolute Gasteiger partial charge is 0.0702 e. The summed E-state index contributed by atoms with van der Waals surface area (Å²) in [6, 6.07) is 20.1. The third-order valence-corrected chi connectivity index (χ3v) is 3.86. The third-order valence-electron chi connectivity index (χ3n) is 3.86. The highest BCUT2D eigenvalue weighted by molar-refractivity contribution is 5.80. The van der Waals surface area contributed by atoms with Crippen molar-refractivity contribution in [3.63, 3.8) is 0 Å². The summed E-state index contributed by atoms with van der Waals surface area (Å²) in [5, 5.41) is 2.18. The number of hydrogen-bond donors (Lipinski definition) is 0. The van der Waals surface area contributed by atoms with Crippen molar-refractivity contribution in [2.45, 2.75) is 0 Å². The molecule has 0 amide bonds. The van der Waals surface area contributed by atoms with Crippen LogP contribution in [-0.2, 0) is 0 Å². The molecule has 0 saturated carbocycles. The Labute approximate surface area is 152 Å². The van der Waals surface area contributed by atoms with Crippen molar-refractivity contribution in [2.75, 3.05) is 0 Å². The zero-order valence-corrected chi connectivity index (χ0v) is 14.0. The molecule has 0 spiro atoms. The molecule has 0 fully saturated rings. The van der Waals surface area contributed by atoms with Crippen molar-refractivity contribution in [1.29, 1.82) is 0 Å². The van der Waals surface area contributed by atoms with Crippen molar-refractivity contribution in [3.05, 3.63) is 96.3 Å². The molecule has 0 unspecified atom stereocenters. The van der Waals surface area contributed by atoms with Crippen molar-refractivity contribution >= 4 is 21.8 Å². The van der Waals surface area contributed by atoms with Crippen LogP contribution < -0.4 is 0 Å². The molecule has 0 radical (unpaired) electrons. The highest BCUT2D eigenvalue weighted by atomic mass is 14.6. The molecule has 0 aliphatic heterocycles. The number of pyridine rings is 2. The van der Waals surface area contributed by atoms with Crippen LogP contribution in [0.1, 0.15) is 11.1 Å². The Balaban J connectivity index is 1.47. The molecule has 4 rings (SSSR count). The van der Waals surface area contributed by atoms with Gasteiger partial charge >= 0.3 is 0 Å². The molecule has 0 aliphatic carbocycles. The van der Waals surface area contributed by atoms with Crippen LogP contribution >= 0.6 is 0 Å². The Morgan fingerprint density at radius 2 is 1.08 bits per heavy atom. The van der Waals surface area contributed by atoms with E-state index in [2.05, 4.69) is 33.6 Å². The molecule has 2 nitrogen and oxygen atoms in total. The first-order chi connectivity index (χ1) is 12.9. The molecule has 0 N–H and O–H groups in total. The minimum Gasteiger partial charge on any atom is -0.255 e. The standard InChI is InChI=1S/C24H14N2/c1(3-9-19-15-21-11-5-7-13-23(21)25-17-19)2-4-10-20-16-22-12-6-8-14-24(22)26-18-20/h1-2,5-8,11-18H. The van der Waals surface area contributed by atoms with Gasteiger partial charge in [0.1, 0.15) is 0 Å². The van der Waals surface area contributed by atoms with E-state index in [4.69, 9.17) is 0 Å². The number of benzene rings is 2. The zero-order chi connectivity index (χ0) is 17.6. The van der Waals surface area contributed by atoms with Gasteiger partial charge in [-0.15, -0.1) is 0 Å². The van der Waals surface area contributed by atoms with Crippen LogP contribution in [0.4, 0.5) is 0 Å². The molecule has 2 heteroatoms. The summed E-state index contributed by atoms with van der Waals surface area (Å²) < 4.78 is 0. The first kappa shape index (κ1) is 15.6. The lowest BCUT2D eigenvalue weighted by atomic mass is 10.1. The number of nitrogens with zero attached hydrogens (tertiary/aromatic N) is 2. The molecular formula is C24H14N2. The number of fused-ring (bicyclic) bond motifs is 2. The highest BCUT2D eigenvalue weighted by Gasteiger charge is 1.94. The molecule has 2 heterocycles. The number of rotatable bonds is 0. The summed E-state index contributed by atoms with van der Waals surface area (Å²) in [6.45, 7) is 0. The molecule has 26 heavy (non-hydrogen) atoms. The molecule has 120 valence electrons. The average molecular weight is 330 g/mol. The lowest BCUT2D eigenvalue weighted by molar-refractivity contribution is 1.39. The van der Waals surface area contributed by atoms with E-state index < -0.39 is 0 Å². The Hall–Kier alpha value is -3.88. The normalized spacial score (nSPS) is 10.3. The Kier molecular flexibility index (Phi) is 4.42. The predicted molar refractivity (Wildman–Crippen MR) is 106 cm³/mol. The van der Waals surface area contributed by atoms with Crippen molar-refractivity contribution in [1.82, 2.24) is 9.97 Å². The zero-order valence-electron chi connectivity index (χ0n) is 14.0. The van der Waals surface area contributed by atoms with Gasteiger partial charge < -0.3 is 0 Å². The van der Waals surface area contributed by atoms with Gasteiger partial charge in [-0.1, -0.05) is 60.1 Å². The number of para-hydroxylation sites is 2. The van der Waals surface area contributed by atoms with Crippen molar-refractivity contribution in [3.8, 4) is 23.7 Å². The lowest BCUT2D eigenvalue weighted by Crippen LogP contribution is -1.81. The fraction of sp³-hybridized carbons (Fsp3) is 0. The van der Waals surface area contributed by atoms with Crippen molar-refractivity contribution < 1.29 is 0 Å². The number of hydrogen-bond acceptors (Lipinski definition) is 2. The summed E-state index contributed by atoms with van der Waals surface area (Å²) in [4.78, 5) is 8.80. The quantitative estimate of drug-likeness (QED) is 0.435. The van der Waals surface area contributed by atoms with Crippen LogP contribution in [0, 0.1) is 23.7 Å². The van der Waals surface area contributed by atoms with Crippen molar-refractivity contribution in [2.24, 2.45) is 0 Å². The monoisotopic (exact) mass is 330 g/mol. The van der Waals surface area contributed by atoms with Gasteiger partial charge in [0, 0.05) is 34.3 Å². The van der Waals surface area contributed by atoms with Gasteiger partial charge in [0.2, 0.25) is 0 Å². The second kappa shape index (κ2) is 7.34. The maximum Gasteiger partial charge on any atom is 0.0702 e. The molecule has 0 saturated heterocycles. The summed E-state index contributed by atoms with van der Waals surface area (Å²) in [5.74, 6) is 12.1. The van der Waals surface area contributed by atoms with E-state index in [1.807, 2.05) is 60.7 Å². The van der Waals surface area contributed by atoms with E-state index in [-0.39, 0.29) is 0 Å². The largest absolute Gasteiger partial charge is 0.255 e. The van der Waals surface area contributed by atoms with E-state index in [1.54, 1.807) is 24.5 Å². The molecule has 2 aromatic heterocycles. The second-order valence-electron chi connectivity index (χ2n) is 5.71. The number of aromatic nitrogens is 2. The maximum absolute atomic E-state index is 4.40. The minimum atomic E-state index is 0.889. The first-order valence-corrected chi connectivity index (χ1v) is 8.26. The summed E-state index contributed by atoms with van der Waals surface area (Å²) >= 11 is 0. The van der Waals surface area contributed by atoms with Crippen LogP contribution in [0.25, 0.3) is 21.8 Å². The van der Waals surface area contributed by atoms with Crippen LogP contribution in [0.5, 0.6) is 0 Å². The molecular weight excluding hydrogens is 316 g/mol. The second-order valence-corrected chi connectivity index (χ2v) is 5.71. The van der Waals surface area contributed by atoms with E-state index >= 15 is 0 Å². The molecule has 0 atom stereocenters. The average Bonchev–Trinajstić information content (AvgIpc) is 2.70. The predicted octanol–water partition coefficient (Wildman–Crippen LogP) is 4.74. The molecule has 0 bridgehead atoms. The molecule has 4 aromatic rings. The highest BCUT2D eigenvalue weighted by Crippen LogP contribution is 2.12. The van der Waals surface area contributed by atoms with E-state index in [1.165, 1.54) is 0 Å². The number of allylic oxidation sites excluding steroid dienone is 2. The fourth-order valence-corrected chi connectivity index (χ4v) is 2.61. The van der Waals surface area contributed by atoms with Gasteiger partial charge in [-0.25, -0.2) is 0 Å². The Morgan fingerprint density at radius 1 is 0.615 bits per heavy atom. The van der Waals surface area contributed by atoms with Gasteiger partial charge in [0.25, 0.3) is 0 Å². The van der Waals surface area contributed by atoms with Gasteiger partial charge in [0.05, 0.1) is 11.0 Å². The van der Waals surface area contributed by atoms with Crippen LogP contribution in [-0.4, -0.2) is 9.97 Å². The lowest BCUT2D eigenvalue weighted by Gasteiger charge is -1.96.